The Hall–Kier alpha value is -1.06. The summed E-state index contributed by atoms with van der Waals surface area (Å²) in [7, 11) is -1.81. The number of piperidine rings is 1. The first-order valence-corrected chi connectivity index (χ1v) is 11.3. The second-order valence-electron chi connectivity index (χ2n) is 7.41. The Bertz CT molecular complexity index is 779. The number of sulfone groups is 1. The van der Waals surface area contributed by atoms with Crippen molar-refractivity contribution < 1.29 is 17.9 Å². The number of halogens is 2. The lowest BCUT2D eigenvalue weighted by molar-refractivity contribution is -0.134. The standard InChI is InChI=1S/C19H29N3O4S.2ClH/c1-21(18(23)19(27(2,24)25)7-9-20-10-8-19)15-16-5-3-4-6-17(16)22-11-13-26-14-12-22;;/h3-6,20H,7-15H2,1-2H3;2*1H. The molecule has 2 aliphatic rings. The van der Waals surface area contributed by atoms with E-state index in [0.717, 1.165) is 24.3 Å². The van der Waals surface area contributed by atoms with Gasteiger partial charge in [-0.25, -0.2) is 8.42 Å². The zero-order valence-corrected chi connectivity index (χ0v) is 19.4. The lowest BCUT2D eigenvalue weighted by Gasteiger charge is -2.38. The highest BCUT2D eigenvalue weighted by molar-refractivity contribution is 7.92. The first-order valence-electron chi connectivity index (χ1n) is 9.42. The molecular formula is C19H31Cl2N3O4S. The number of anilines is 1. The van der Waals surface area contributed by atoms with E-state index in [1.54, 1.807) is 11.9 Å². The minimum absolute atomic E-state index is 0. The third-order valence-corrected chi connectivity index (χ3v) is 7.61. The van der Waals surface area contributed by atoms with Crippen molar-refractivity contribution in [2.75, 3.05) is 57.6 Å². The highest BCUT2D eigenvalue weighted by atomic mass is 35.5. The summed E-state index contributed by atoms with van der Waals surface area (Å²) in [6.07, 6.45) is 1.83. The number of hydrogen-bond acceptors (Lipinski definition) is 6. The molecule has 0 aliphatic carbocycles. The van der Waals surface area contributed by atoms with Crippen LogP contribution in [-0.2, 0) is 25.9 Å². The molecule has 2 saturated heterocycles. The fourth-order valence-electron chi connectivity index (χ4n) is 4.01. The van der Waals surface area contributed by atoms with Crippen LogP contribution in [0.15, 0.2) is 24.3 Å². The molecule has 0 spiro atoms. The molecule has 1 amide bonds. The summed E-state index contributed by atoms with van der Waals surface area (Å²) in [6, 6.07) is 8.00. The zero-order valence-electron chi connectivity index (χ0n) is 16.9. The molecule has 2 fully saturated rings. The summed E-state index contributed by atoms with van der Waals surface area (Å²) in [6.45, 7) is 4.47. The largest absolute Gasteiger partial charge is 0.378 e. The number of para-hydroxylation sites is 1. The van der Waals surface area contributed by atoms with E-state index < -0.39 is 14.6 Å². The van der Waals surface area contributed by atoms with E-state index in [0.29, 0.717) is 45.7 Å². The molecule has 3 rings (SSSR count). The van der Waals surface area contributed by atoms with Crippen LogP contribution in [0.2, 0.25) is 0 Å². The molecule has 0 bridgehead atoms. The van der Waals surface area contributed by atoms with Gasteiger partial charge in [-0.3, -0.25) is 4.79 Å². The van der Waals surface area contributed by atoms with Crippen LogP contribution in [0.1, 0.15) is 18.4 Å². The molecule has 29 heavy (non-hydrogen) atoms. The number of nitrogens with one attached hydrogen (secondary N) is 1. The number of nitrogens with zero attached hydrogens (tertiary/aromatic N) is 2. The van der Waals surface area contributed by atoms with Gasteiger partial charge in [0.15, 0.2) is 14.6 Å². The number of rotatable bonds is 5. The topological polar surface area (TPSA) is 79.0 Å². The van der Waals surface area contributed by atoms with Crippen LogP contribution in [0, 0.1) is 0 Å². The van der Waals surface area contributed by atoms with Crippen molar-refractivity contribution in [2.24, 2.45) is 0 Å². The van der Waals surface area contributed by atoms with Crippen molar-refractivity contribution in [3.05, 3.63) is 29.8 Å². The minimum atomic E-state index is -3.51. The van der Waals surface area contributed by atoms with Crippen LogP contribution in [0.3, 0.4) is 0 Å². The van der Waals surface area contributed by atoms with Crippen molar-refractivity contribution in [1.82, 2.24) is 10.2 Å². The van der Waals surface area contributed by atoms with Gasteiger partial charge in [-0.1, -0.05) is 18.2 Å². The molecule has 0 unspecified atom stereocenters. The maximum Gasteiger partial charge on any atom is 0.244 e. The van der Waals surface area contributed by atoms with Gasteiger partial charge in [-0.2, -0.15) is 0 Å². The normalized spacial score (nSPS) is 18.9. The van der Waals surface area contributed by atoms with Crippen LogP contribution in [0.4, 0.5) is 5.69 Å². The smallest absolute Gasteiger partial charge is 0.244 e. The second kappa shape index (κ2) is 10.8. The number of morpholine rings is 1. The molecule has 2 heterocycles. The van der Waals surface area contributed by atoms with Crippen molar-refractivity contribution in [1.29, 1.82) is 0 Å². The van der Waals surface area contributed by atoms with Crippen LogP contribution in [0.25, 0.3) is 0 Å². The second-order valence-corrected chi connectivity index (χ2v) is 9.73. The maximum atomic E-state index is 13.2. The van der Waals surface area contributed by atoms with Gasteiger partial charge in [0.1, 0.15) is 0 Å². The van der Waals surface area contributed by atoms with Gasteiger partial charge in [-0.05, 0) is 37.6 Å². The van der Waals surface area contributed by atoms with E-state index in [4.69, 9.17) is 4.74 Å². The van der Waals surface area contributed by atoms with Crippen molar-refractivity contribution in [3.8, 4) is 0 Å². The molecule has 0 saturated carbocycles. The number of carbonyl (C=O) groups excluding carboxylic acids is 1. The number of ether oxygens (including phenoxy) is 1. The fourth-order valence-corrected chi connectivity index (χ4v) is 5.43. The molecule has 10 heteroatoms. The summed E-state index contributed by atoms with van der Waals surface area (Å²) in [5, 5.41) is 3.15. The van der Waals surface area contributed by atoms with Crippen LogP contribution < -0.4 is 10.2 Å². The van der Waals surface area contributed by atoms with Gasteiger partial charge in [0.25, 0.3) is 0 Å². The zero-order chi connectivity index (χ0) is 19.5. The van der Waals surface area contributed by atoms with Crippen LogP contribution in [-0.4, -0.2) is 76.7 Å². The lowest BCUT2D eigenvalue weighted by Crippen LogP contribution is -2.57. The molecule has 0 radical (unpaired) electrons. The van der Waals surface area contributed by atoms with Crippen molar-refractivity contribution in [3.63, 3.8) is 0 Å². The van der Waals surface area contributed by atoms with E-state index in [9.17, 15) is 13.2 Å². The number of carbonyl (C=O) groups is 1. The van der Waals surface area contributed by atoms with Crippen LogP contribution in [0.5, 0.6) is 0 Å². The summed E-state index contributed by atoms with van der Waals surface area (Å²) in [4.78, 5) is 17.1. The van der Waals surface area contributed by atoms with E-state index >= 15 is 0 Å². The Morgan fingerprint density at radius 1 is 1.17 bits per heavy atom. The van der Waals surface area contributed by atoms with E-state index in [1.807, 2.05) is 18.2 Å². The predicted molar refractivity (Wildman–Crippen MR) is 120 cm³/mol. The highest BCUT2D eigenvalue weighted by Crippen LogP contribution is 2.31. The first kappa shape index (κ1) is 26.0. The minimum Gasteiger partial charge on any atom is -0.378 e. The predicted octanol–water partition coefficient (Wildman–Crippen LogP) is 1.49. The molecule has 166 valence electrons. The molecule has 2 aliphatic heterocycles. The maximum absolute atomic E-state index is 13.2. The van der Waals surface area contributed by atoms with Gasteiger partial charge in [0.2, 0.25) is 5.91 Å². The van der Waals surface area contributed by atoms with E-state index in [1.165, 1.54) is 6.26 Å². The number of hydrogen-bond donors (Lipinski definition) is 1. The summed E-state index contributed by atoms with van der Waals surface area (Å²) >= 11 is 0. The Labute approximate surface area is 185 Å². The SMILES string of the molecule is CN(Cc1ccccc1N1CCOCC1)C(=O)C1(S(C)(=O)=O)CCNCC1.Cl.Cl. The molecule has 0 atom stereocenters. The quantitative estimate of drug-likeness (QED) is 0.706. The van der Waals surface area contributed by atoms with Gasteiger partial charge >= 0.3 is 0 Å². The molecular weight excluding hydrogens is 437 g/mol. The Balaban J connectivity index is 0.00000210. The van der Waals surface area contributed by atoms with Gasteiger partial charge in [0, 0.05) is 38.6 Å². The third-order valence-electron chi connectivity index (χ3n) is 5.61. The first-order chi connectivity index (χ1) is 12.8. The van der Waals surface area contributed by atoms with Crippen molar-refractivity contribution in [2.45, 2.75) is 24.1 Å². The highest BCUT2D eigenvalue weighted by Gasteiger charge is 2.49. The Morgan fingerprint density at radius 2 is 1.76 bits per heavy atom. The molecule has 0 aromatic heterocycles. The number of benzene rings is 1. The average molecular weight is 468 g/mol. The monoisotopic (exact) mass is 467 g/mol. The molecule has 1 N–H and O–H groups in total. The van der Waals surface area contributed by atoms with E-state index in [-0.39, 0.29) is 30.7 Å². The van der Waals surface area contributed by atoms with E-state index in [2.05, 4.69) is 16.3 Å². The molecule has 1 aromatic rings. The summed E-state index contributed by atoms with van der Waals surface area (Å²) in [5.74, 6) is -0.303. The average Bonchev–Trinajstić information content (AvgIpc) is 2.68. The van der Waals surface area contributed by atoms with Gasteiger partial charge < -0.3 is 19.9 Å². The van der Waals surface area contributed by atoms with Crippen molar-refractivity contribution >= 4 is 46.2 Å². The fraction of sp³-hybridized carbons (Fsp3) is 0.632. The van der Waals surface area contributed by atoms with Gasteiger partial charge in [0.05, 0.1) is 13.2 Å². The summed E-state index contributed by atoms with van der Waals surface area (Å²) in [5.41, 5.74) is 2.10. The summed E-state index contributed by atoms with van der Waals surface area (Å²) < 4.78 is 29.2. The third kappa shape index (κ3) is 5.55. The molecule has 7 nitrogen and oxygen atoms in total. The Morgan fingerprint density at radius 3 is 2.34 bits per heavy atom. The number of amides is 1. The van der Waals surface area contributed by atoms with Gasteiger partial charge in [-0.15, -0.1) is 24.8 Å². The van der Waals surface area contributed by atoms with Crippen LogP contribution >= 0.6 is 24.8 Å². The lowest BCUT2D eigenvalue weighted by atomic mass is 9.95. The Kier molecular flexibility index (Phi) is 9.69. The molecule has 1 aromatic carbocycles.